The molecule has 1 fully saturated rings. The molecule has 0 bridgehead atoms. The minimum atomic E-state index is -1.15. The van der Waals surface area contributed by atoms with E-state index in [1.165, 1.54) is 0 Å². The first kappa shape index (κ1) is 24.7. The Labute approximate surface area is 205 Å². The first-order chi connectivity index (χ1) is 17.0. The van der Waals surface area contributed by atoms with Crippen molar-refractivity contribution in [3.63, 3.8) is 0 Å². The van der Waals surface area contributed by atoms with Gasteiger partial charge in [0.15, 0.2) is 17.3 Å². The van der Waals surface area contributed by atoms with Gasteiger partial charge in [0.05, 0.1) is 12.6 Å². The Morgan fingerprint density at radius 1 is 1.03 bits per heavy atom. The van der Waals surface area contributed by atoms with Gasteiger partial charge in [-0.05, 0) is 55.9 Å². The molecule has 2 aromatic rings. The van der Waals surface area contributed by atoms with Gasteiger partial charge in [-0.2, -0.15) is 0 Å². The number of fused-ring (bicyclic) bond motifs is 1. The fraction of sp³-hybridized carbons (Fsp3) is 0.444. The summed E-state index contributed by atoms with van der Waals surface area (Å²) in [6.07, 6.45) is 0. The van der Waals surface area contributed by atoms with Crippen molar-refractivity contribution < 1.29 is 28.6 Å². The highest BCUT2D eigenvalue weighted by atomic mass is 16.6. The van der Waals surface area contributed by atoms with Crippen molar-refractivity contribution in [2.75, 3.05) is 46.0 Å². The summed E-state index contributed by atoms with van der Waals surface area (Å²) in [5, 5.41) is 0. The van der Waals surface area contributed by atoms with Crippen LogP contribution in [0.25, 0.3) is 0 Å². The van der Waals surface area contributed by atoms with Gasteiger partial charge in [0.25, 0.3) is 5.91 Å². The molecule has 8 nitrogen and oxygen atoms in total. The van der Waals surface area contributed by atoms with Crippen LogP contribution in [0.15, 0.2) is 42.5 Å². The average Bonchev–Trinajstić information content (AvgIpc) is 3.14. The van der Waals surface area contributed by atoms with Gasteiger partial charge in [0.1, 0.15) is 24.9 Å². The minimum Gasteiger partial charge on any atom is -0.494 e. The van der Waals surface area contributed by atoms with Gasteiger partial charge in [-0.15, -0.1) is 0 Å². The third kappa shape index (κ3) is 5.03. The Kier molecular flexibility index (Phi) is 7.70. The molecular weight excluding hydrogens is 448 g/mol. The number of likely N-dealkylation sites (tertiary alicyclic amines) is 1. The summed E-state index contributed by atoms with van der Waals surface area (Å²) >= 11 is 0. The standard InChI is InChI=1S/C27H32N2O6/c1-4-28(5-2)12-13-29-24(18-8-7-9-20(16-18)33-6-3)23(26(31)27(29)32)25(30)19-10-11-21-22(17-19)35-15-14-34-21/h7-11,16-17,23-24H,4-6,12-15H2,1-3H3. The molecular formula is C27H32N2O6. The van der Waals surface area contributed by atoms with Crippen LogP contribution in [0, 0.1) is 5.92 Å². The Bertz CT molecular complexity index is 1100. The monoisotopic (exact) mass is 480 g/mol. The zero-order valence-corrected chi connectivity index (χ0v) is 20.5. The second kappa shape index (κ2) is 10.9. The van der Waals surface area contributed by atoms with E-state index >= 15 is 0 Å². The highest BCUT2D eigenvalue weighted by Crippen LogP contribution is 2.40. The molecule has 2 aliphatic heterocycles. The van der Waals surface area contributed by atoms with E-state index in [4.69, 9.17) is 14.2 Å². The van der Waals surface area contributed by atoms with Crippen LogP contribution in [0.1, 0.15) is 42.7 Å². The van der Waals surface area contributed by atoms with Gasteiger partial charge in [-0.1, -0.05) is 26.0 Å². The summed E-state index contributed by atoms with van der Waals surface area (Å²) < 4.78 is 16.8. The molecule has 2 heterocycles. The topological polar surface area (TPSA) is 85.4 Å². The fourth-order valence-electron chi connectivity index (χ4n) is 4.72. The van der Waals surface area contributed by atoms with Crippen molar-refractivity contribution in [3.8, 4) is 17.2 Å². The molecule has 2 atom stereocenters. The largest absolute Gasteiger partial charge is 0.494 e. The summed E-state index contributed by atoms with van der Waals surface area (Å²) in [6.45, 7) is 9.92. The second-order valence-corrected chi connectivity index (χ2v) is 8.54. The summed E-state index contributed by atoms with van der Waals surface area (Å²) in [5.74, 6) is -1.21. The molecule has 1 amide bonds. The molecule has 2 unspecified atom stereocenters. The maximum atomic E-state index is 13.7. The average molecular weight is 481 g/mol. The van der Waals surface area contributed by atoms with E-state index in [0.29, 0.717) is 61.3 Å². The molecule has 0 saturated carbocycles. The van der Waals surface area contributed by atoms with Crippen LogP contribution >= 0.6 is 0 Å². The number of hydrogen-bond acceptors (Lipinski definition) is 7. The zero-order chi connectivity index (χ0) is 24.9. The SMILES string of the molecule is CCOc1cccc(C2C(C(=O)c3ccc4c(c3)OCCO4)C(=O)C(=O)N2CCN(CC)CC)c1. The van der Waals surface area contributed by atoms with Gasteiger partial charge in [-0.25, -0.2) is 0 Å². The lowest BCUT2D eigenvalue weighted by Gasteiger charge is -2.29. The lowest BCUT2D eigenvalue weighted by Crippen LogP contribution is -2.38. The number of likely N-dealkylation sites (N-methyl/N-ethyl adjacent to an activating group) is 1. The Hall–Kier alpha value is -3.39. The van der Waals surface area contributed by atoms with E-state index in [9.17, 15) is 14.4 Å². The predicted molar refractivity (Wildman–Crippen MR) is 130 cm³/mol. The Morgan fingerprint density at radius 3 is 2.49 bits per heavy atom. The number of hydrogen-bond donors (Lipinski definition) is 0. The molecule has 8 heteroatoms. The molecule has 0 aliphatic carbocycles. The molecule has 4 rings (SSSR count). The molecule has 2 aliphatic rings. The van der Waals surface area contributed by atoms with Gasteiger partial charge in [-0.3, -0.25) is 14.4 Å². The molecule has 0 aromatic heterocycles. The van der Waals surface area contributed by atoms with Crippen LogP contribution in [0.4, 0.5) is 0 Å². The number of ether oxygens (including phenoxy) is 3. The number of carbonyl (C=O) groups excluding carboxylic acids is 3. The van der Waals surface area contributed by atoms with Crippen molar-refractivity contribution >= 4 is 17.5 Å². The highest BCUT2D eigenvalue weighted by Gasteiger charge is 2.51. The van der Waals surface area contributed by atoms with E-state index < -0.39 is 29.4 Å². The number of carbonyl (C=O) groups is 3. The van der Waals surface area contributed by atoms with Crippen molar-refractivity contribution in [2.45, 2.75) is 26.8 Å². The van der Waals surface area contributed by atoms with E-state index in [0.717, 1.165) is 13.1 Å². The normalized spacial score (nSPS) is 19.4. The maximum Gasteiger partial charge on any atom is 0.291 e. The molecule has 0 N–H and O–H groups in total. The number of amides is 1. The number of nitrogens with zero attached hydrogens (tertiary/aromatic N) is 2. The number of ketones is 2. The zero-order valence-electron chi connectivity index (χ0n) is 20.5. The Balaban J connectivity index is 1.72. The number of benzene rings is 2. The maximum absolute atomic E-state index is 13.7. The van der Waals surface area contributed by atoms with Gasteiger partial charge in [0, 0.05) is 18.7 Å². The summed E-state index contributed by atoms with van der Waals surface area (Å²) in [6, 6.07) is 11.5. The van der Waals surface area contributed by atoms with E-state index in [1.807, 2.05) is 31.2 Å². The van der Waals surface area contributed by atoms with Gasteiger partial charge in [0.2, 0.25) is 5.78 Å². The summed E-state index contributed by atoms with van der Waals surface area (Å²) in [5.41, 5.74) is 1.02. The van der Waals surface area contributed by atoms with Gasteiger partial charge < -0.3 is 24.0 Å². The first-order valence-corrected chi connectivity index (χ1v) is 12.2. The first-order valence-electron chi connectivity index (χ1n) is 12.2. The molecule has 0 radical (unpaired) electrons. The van der Waals surface area contributed by atoms with E-state index in [2.05, 4.69) is 18.7 Å². The molecule has 35 heavy (non-hydrogen) atoms. The third-order valence-electron chi connectivity index (χ3n) is 6.58. The molecule has 0 spiro atoms. The third-order valence-corrected chi connectivity index (χ3v) is 6.58. The van der Waals surface area contributed by atoms with Gasteiger partial charge >= 0.3 is 0 Å². The van der Waals surface area contributed by atoms with Crippen LogP contribution in [0.3, 0.4) is 0 Å². The number of Topliss-reactive ketones (excluding diaryl/α,β-unsaturated/α-hetero) is 2. The van der Waals surface area contributed by atoms with Crippen LogP contribution in [0.2, 0.25) is 0 Å². The van der Waals surface area contributed by atoms with Crippen LogP contribution in [0.5, 0.6) is 17.2 Å². The van der Waals surface area contributed by atoms with Crippen LogP contribution in [-0.4, -0.2) is 73.3 Å². The van der Waals surface area contributed by atoms with Crippen molar-refractivity contribution in [2.24, 2.45) is 5.92 Å². The van der Waals surface area contributed by atoms with E-state index in [-0.39, 0.29) is 0 Å². The lowest BCUT2D eigenvalue weighted by atomic mass is 9.86. The van der Waals surface area contributed by atoms with Crippen molar-refractivity contribution in [1.29, 1.82) is 0 Å². The number of rotatable bonds is 10. The quantitative estimate of drug-likeness (QED) is 0.293. The molecule has 2 aromatic carbocycles. The van der Waals surface area contributed by atoms with Crippen molar-refractivity contribution in [3.05, 3.63) is 53.6 Å². The highest BCUT2D eigenvalue weighted by molar-refractivity contribution is 6.44. The molecule has 186 valence electrons. The molecule has 1 saturated heterocycles. The van der Waals surface area contributed by atoms with E-state index in [1.54, 1.807) is 23.1 Å². The minimum absolute atomic E-state index is 0.317. The summed E-state index contributed by atoms with van der Waals surface area (Å²) in [7, 11) is 0. The van der Waals surface area contributed by atoms with Crippen LogP contribution < -0.4 is 14.2 Å². The second-order valence-electron chi connectivity index (χ2n) is 8.54. The summed E-state index contributed by atoms with van der Waals surface area (Å²) in [4.78, 5) is 44.0. The Morgan fingerprint density at radius 2 is 1.77 bits per heavy atom. The predicted octanol–water partition coefficient (Wildman–Crippen LogP) is 3.15. The fourth-order valence-corrected chi connectivity index (χ4v) is 4.72. The van der Waals surface area contributed by atoms with Crippen LogP contribution in [-0.2, 0) is 9.59 Å². The smallest absolute Gasteiger partial charge is 0.291 e. The lowest BCUT2D eigenvalue weighted by molar-refractivity contribution is -0.140. The van der Waals surface area contributed by atoms with Crippen molar-refractivity contribution in [1.82, 2.24) is 9.80 Å².